The smallest absolute Gasteiger partial charge is 0.338 e. The number of rotatable bonds is 3. The topological polar surface area (TPSA) is 83.5 Å². The molecule has 1 aromatic rings. The van der Waals surface area contributed by atoms with Gasteiger partial charge in [-0.25, -0.2) is 9.18 Å². The van der Waals surface area contributed by atoms with Crippen LogP contribution in [0.5, 0.6) is 0 Å². The largest absolute Gasteiger partial charge is 0.478 e. The average Bonchev–Trinajstić information content (AvgIpc) is 2.15. The van der Waals surface area contributed by atoms with Gasteiger partial charge in [-0.05, 0) is 24.6 Å². The van der Waals surface area contributed by atoms with Crippen molar-refractivity contribution in [1.82, 2.24) is 0 Å². The van der Waals surface area contributed by atoms with Crippen LogP contribution in [0.1, 0.15) is 28.9 Å². The van der Waals surface area contributed by atoms with Crippen LogP contribution in [0.25, 0.3) is 0 Å². The van der Waals surface area contributed by atoms with Gasteiger partial charge in [-0.15, -0.1) is 0 Å². The molecular formula is C10H12FNO3. The molecule has 15 heavy (non-hydrogen) atoms. The Morgan fingerprint density at radius 1 is 1.53 bits per heavy atom. The molecule has 0 spiro atoms. The number of carboxylic acids is 1. The fraction of sp³-hybridized carbons (Fsp3) is 0.300. The van der Waals surface area contributed by atoms with Crippen LogP contribution in [-0.4, -0.2) is 22.3 Å². The summed E-state index contributed by atoms with van der Waals surface area (Å²) in [7, 11) is 0. The molecule has 0 bridgehead atoms. The van der Waals surface area contributed by atoms with Gasteiger partial charge < -0.3 is 15.9 Å². The summed E-state index contributed by atoms with van der Waals surface area (Å²) in [5.41, 5.74) is 5.53. The zero-order valence-corrected chi connectivity index (χ0v) is 8.14. The molecule has 2 unspecified atom stereocenters. The maximum absolute atomic E-state index is 13.2. The highest BCUT2D eigenvalue weighted by molar-refractivity contribution is 5.87. The third-order valence-corrected chi connectivity index (χ3v) is 2.13. The van der Waals surface area contributed by atoms with E-state index < -0.39 is 29.5 Å². The Hall–Kier alpha value is -1.46. The van der Waals surface area contributed by atoms with Crippen molar-refractivity contribution in [2.45, 2.75) is 19.1 Å². The highest BCUT2D eigenvalue weighted by Crippen LogP contribution is 2.17. The summed E-state index contributed by atoms with van der Waals surface area (Å²) >= 11 is 0. The van der Waals surface area contributed by atoms with Crippen molar-refractivity contribution in [3.63, 3.8) is 0 Å². The molecule has 5 heteroatoms. The molecule has 82 valence electrons. The Kier molecular flexibility index (Phi) is 3.39. The first-order chi connectivity index (χ1) is 6.93. The maximum Gasteiger partial charge on any atom is 0.338 e. The zero-order valence-electron chi connectivity index (χ0n) is 8.14. The van der Waals surface area contributed by atoms with E-state index in [1.54, 1.807) is 0 Å². The number of carbonyl (C=O) groups is 1. The van der Waals surface area contributed by atoms with Gasteiger partial charge in [-0.2, -0.15) is 0 Å². The molecule has 0 fully saturated rings. The van der Waals surface area contributed by atoms with Crippen molar-refractivity contribution in [3.05, 3.63) is 35.1 Å². The van der Waals surface area contributed by atoms with Crippen LogP contribution >= 0.6 is 0 Å². The summed E-state index contributed by atoms with van der Waals surface area (Å²) in [5.74, 6) is -2.18. The second-order valence-corrected chi connectivity index (χ2v) is 3.31. The van der Waals surface area contributed by atoms with Gasteiger partial charge in [-0.3, -0.25) is 0 Å². The molecule has 0 aliphatic rings. The number of aliphatic hydroxyl groups excluding tert-OH is 1. The van der Waals surface area contributed by atoms with Gasteiger partial charge in [-0.1, -0.05) is 6.07 Å². The van der Waals surface area contributed by atoms with Crippen molar-refractivity contribution < 1.29 is 19.4 Å². The van der Waals surface area contributed by atoms with Gasteiger partial charge in [0, 0.05) is 0 Å². The van der Waals surface area contributed by atoms with Gasteiger partial charge in [0.25, 0.3) is 0 Å². The molecule has 0 saturated carbocycles. The van der Waals surface area contributed by atoms with Gasteiger partial charge in [0.15, 0.2) is 0 Å². The first-order valence-electron chi connectivity index (χ1n) is 4.40. The summed E-state index contributed by atoms with van der Waals surface area (Å²) < 4.78 is 13.2. The minimum Gasteiger partial charge on any atom is -0.478 e. The predicted molar refractivity (Wildman–Crippen MR) is 52.0 cm³/mol. The SMILES string of the molecule is CC(O)C(N)c1ccc(C(=O)O)c(F)c1. The number of carboxylic acid groups (broad SMARTS) is 1. The Morgan fingerprint density at radius 3 is 2.53 bits per heavy atom. The molecule has 1 aromatic carbocycles. The van der Waals surface area contributed by atoms with Crippen molar-refractivity contribution in [3.8, 4) is 0 Å². The monoisotopic (exact) mass is 213 g/mol. The summed E-state index contributed by atoms with van der Waals surface area (Å²) in [6.45, 7) is 1.48. The van der Waals surface area contributed by atoms with E-state index in [9.17, 15) is 14.3 Å². The lowest BCUT2D eigenvalue weighted by Gasteiger charge is -2.15. The Bertz CT molecular complexity index is 379. The number of hydrogen-bond acceptors (Lipinski definition) is 3. The first-order valence-corrected chi connectivity index (χ1v) is 4.40. The van der Waals surface area contributed by atoms with Gasteiger partial charge in [0.2, 0.25) is 0 Å². The molecular weight excluding hydrogens is 201 g/mol. The van der Waals surface area contributed by atoms with Crippen LogP contribution in [-0.2, 0) is 0 Å². The van der Waals surface area contributed by atoms with Crippen LogP contribution in [0.4, 0.5) is 4.39 Å². The minimum atomic E-state index is -1.33. The quantitative estimate of drug-likeness (QED) is 0.696. The summed E-state index contributed by atoms with van der Waals surface area (Å²) in [6, 6.07) is 2.84. The lowest BCUT2D eigenvalue weighted by Crippen LogP contribution is -2.23. The molecule has 0 amide bonds. The summed E-state index contributed by atoms with van der Waals surface area (Å²) in [6.07, 6.45) is -0.819. The fourth-order valence-electron chi connectivity index (χ4n) is 1.19. The van der Waals surface area contributed by atoms with E-state index >= 15 is 0 Å². The Balaban J connectivity index is 3.06. The van der Waals surface area contributed by atoms with Gasteiger partial charge in [0.05, 0.1) is 17.7 Å². The highest BCUT2D eigenvalue weighted by Gasteiger charge is 2.16. The number of benzene rings is 1. The van der Waals surface area contributed by atoms with Crippen LogP contribution < -0.4 is 5.73 Å². The lowest BCUT2D eigenvalue weighted by molar-refractivity contribution is 0.0692. The summed E-state index contributed by atoms with van der Waals surface area (Å²) in [4.78, 5) is 10.5. The molecule has 0 saturated heterocycles. The highest BCUT2D eigenvalue weighted by atomic mass is 19.1. The number of aliphatic hydroxyl groups is 1. The molecule has 0 aromatic heterocycles. The van der Waals surface area contributed by atoms with Gasteiger partial charge >= 0.3 is 5.97 Å². The molecule has 0 heterocycles. The van der Waals surface area contributed by atoms with E-state index in [0.717, 1.165) is 12.1 Å². The Labute approximate surface area is 86.1 Å². The number of hydrogen-bond donors (Lipinski definition) is 3. The lowest BCUT2D eigenvalue weighted by atomic mass is 10.0. The molecule has 0 aliphatic heterocycles. The molecule has 0 radical (unpaired) electrons. The third kappa shape index (κ3) is 2.51. The Morgan fingerprint density at radius 2 is 2.13 bits per heavy atom. The maximum atomic E-state index is 13.2. The number of aromatic carboxylic acids is 1. The van der Waals surface area contributed by atoms with Crippen molar-refractivity contribution >= 4 is 5.97 Å². The van der Waals surface area contributed by atoms with Crippen LogP contribution in [0.15, 0.2) is 18.2 Å². The first kappa shape index (κ1) is 11.6. The summed E-state index contributed by atoms with van der Waals surface area (Å²) in [5, 5.41) is 17.8. The fourth-order valence-corrected chi connectivity index (χ4v) is 1.19. The van der Waals surface area contributed by atoms with E-state index in [1.165, 1.54) is 13.0 Å². The molecule has 1 rings (SSSR count). The van der Waals surface area contributed by atoms with Crippen molar-refractivity contribution in [1.29, 1.82) is 0 Å². The van der Waals surface area contributed by atoms with E-state index in [1.807, 2.05) is 0 Å². The molecule has 0 aliphatic carbocycles. The third-order valence-electron chi connectivity index (χ3n) is 2.13. The average molecular weight is 213 g/mol. The second kappa shape index (κ2) is 4.37. The minimum absolute atomic E-state index is 0.368. The standard InChI is InChI=1S/C10H12FNO3/c1-5(13)9(12)6-2-3-7(10(14)15)8(11)4-6/h2-5,9,13H,12H2,1H3,(H,14,15). The van der Waals surface area contributed by atoms with E-state index in [4.69, 9.17) is 10.8 Å². The number of halogens is 1. The van der Waals surface area contributed by atoms with E-state index in [2.05, 4.69) is 0 Å². The van der Waals surface area contributed by atoms with Crippen molar-refractivity contribution in [2.24, 2.45) is 5.73 Å². The van der Waals surface area contributed by atoms with E-state index in [0.29, 0.717) is 5.56 Å². The number of nitrogens with two attached hydrogens (primary N) is 1. The van der Waals surface area contributed by atoms with Crippen LogP contribution in [0.3, 0.4) is 0 Å². The van der Waals surface area contributed by atoms with Crippen LogP contribution in [0.2, 0.25) is 0 Å². The second-order valence-electron chi connectivity index (χ2n) is 3.31. The zero-order chi connectivity index (χ0) is 11.6. The normalized spacial score (nSPS) is 14.7. The van der Waals surface area contributed by atoms with Gasteiger partial charge in [0.1, 0.15) is 5.82 Å². The molecule has 4 nitrogen and oxygen atoms in total. The predicted octanol–water partition coefficient (Wildman–Crippen LogP) is 0.905. The molecule has 4 N–H and O–H groups in total. The van der Waals surface area contributed by atoms with Crippen LogP contribution in [0, 0.1) is 5.82 Å². The molecule has 2 atom stereocenters. The van der Waals surface area contributed by atoms with Crippen molar-refractivity contribution in [2.75, 3.05) is 0 Å². The van der Waals surface area contributed by atoms with E-state index in [-0.39, 0.29) is 0 Å².